The highest BCUT2D eigenvalue weighted by atomic mass is 16.2. The second kappa shape index (κ2) is 12.0. The molecule has 1 heteroatoms. The molecular weight excluding hydrogens is 160 g/mol. The van der Waals surface area contributed by atoms with Crippen molar-refractivity contribution < 1.29 is 5.11 Å². The molecule has 0 aromatic heterocycles. The van der Waals surface area contributed by atoms with Gasteiger partial charge < -0.3 is 5.11 Å². The van der Waals surface area contributed by atoms with Gasteiger partial charge >= 0.3 is 0 Å². The zero-order chi connectivity index (χ0) is 9.78. The van der Waals surface area contributed by atoms with Gasteiger partial charge in [-0.1, -0.05) is 64.7 Å². The second-order valence-electron chi connectivity index (χ2n) is 3.91. The summed E-state index contributed by atoms with van der Waals surface area (Å²) in [5, 5.41) is 8.37. The summed E-state index contributed by atoms with van der Waals surface area (Å²) in [5.41, 5.74) is 0. The van der Waals surface area contributed by atoms with Gasteiger partial charge in [0.1, 0.15) is 0 Å². The summed E-state index contributed by atoms with van der Waals surface area (Å²) < 4.78 is 0. The topological polar surface area (TPSA) is 20.2 Å². The van der Waals surface area contributed by atoms with Gasteiger partial charge in [-0.25, -0.2) is 0 Å². The summed E-state index contributed by atoms with van der Waals surface area (Å²) in [5.74, 6) is 0. The third kappa shape index (κ3) is 12.0. The van der Waals surface area contributed by atoms with E-state index in [2.05, 4.69) is 6.92 Å². The highest BCUT2D eigenvalue weighted by Gasteiger charge is 1.95. The lowest BCUT2D eigenvalue weighted by Crippen LogP contribution is -1.81. The number of aliphatic hydroxyl groups is 1. The first-order valence-corrected chi connectivity index (χ1v) is 6.02. The molecule has 0 unspecified atom stereocenters. The van der Waals surface area contributed by atoms with Crippen LogP contribution in [0.2, 0.25) is 0 Å². The molecule has 0 aliphatic heterocycles. The molecule has 0 atom stereocenters. The third-order valence-corrected chi connectivity index (χ3v) is 2.51. The second-order valence-corrected chi connectivity index (χ2v) is 3.91. The van der Waals surface area contributed by atoms with E-state index in [9.17, 15) is 0 Å². The molecule has 1 rings (SSSR count). The van der Waals surface area contributed by atoms with Gasteiger partial charge in [-0.05, 0) is 6.42 Å². The van der Waals surface area contributed by atoms with Crippen molar-refractivity contribution in [1.29, 1.82) is 0 Å². The number of unbranched alkanes of at least 4 members (excludes halogenated alkanes) is 4. The van der Waals surface area contributed by atoms with Crippen LogP contribution in [0.25, 0.3) is 0 Å². The first-order chi connectivity index (χ1) is 6.41. The summed E-state index contributed by atoms with van der Waals surface area (Å²) in [7, 11) is 0. The summed E-state index contributed by atoms with van der Waals surface area (Å²) in [6, 6.07) is 0. The Balaban J connectivity index is 0.000000243. The zero-order valence-corrected chi connectivity index (χ0v) is 9.23. The monoisotopic (exact) mass is 186 g/mol. The Bertz CT molecular complexity index is 63.6. The maximum absolute atomic E-state index is 8.37. The molecule has 0 saturated heterocycles. The molecule has 80 valence electrons. The molecule has 0 heterocycles. The van der Waals surface area contributed by atoms with Crippen molar-refractivity contribution in [3.05, 3.63) is 0 Å². The molecule has 0 bridgehead atoms. The van der Waals surface area contributed by atoms with Gasteiger partial charge in [0.25, 0.3) is 0 Å². The van der Waals surface area contributed by atoms with Crippen molar-refractivity contribution >= 4 is 0 Å². The SMILES string of the molecule is C1CCCC1.CCCCCCCO. The number of rotatable bonds is 5. The van der Waals surface area contributed by atoms with Gasteiger partial charge in [0.2, 0.25) is 0 Å². The standard InChI is InChI=1S/C7H16O.C5H10/c1-2-3-4-5-6-7-8;1-2-4-5-3-1/h8H,2-7H2,1H3;1-5H2. The lowest BCUT2D eigenvalue weighted by molar-refractivity contribution is 0.282. The van der Waals surface area contributed by atoms with Crippen LogP contribution in [-0.4, -0.2) is 11.7 Å². The molecular formula is C12H26O. The summed E-state index contributed by atoms with van der Waals surface area (Å²) >= 11 is 0. The Kier molecular flexibility index (Phi) is 11.9. The molecule has 1 N–H and O–H groups in total. The predicted octanol–water partition coefficient (Wildman–Crippen LogP) is 3.90. The number of hydrogen-bond donors (Lipinski definition) is 1. The van der Waals surface area contributed by atoms with Crippen molar-refractivity contribution in [2.75, 3.05) is 6.61 Å². The van der Waals surface area contributed by atoms with E-state index >= 15 is 0 Å². The van der Waals surface area contributed by atoms with Crippen LogP contribution in [-0.2, 0) is 0 Å². The van der Waals surface area contributed by atoms with Crippen LogP contribution in [0.3, 0.4) is 0 Å². The average molecular weight is 186 g/mol. The van der Waals surface area contributed by atoms with Crippen LogP contribution < -0.4 is 0 Å². The molecule has 0 spiro atoms. The quantitative estimate of drug-likeness (QED) is 0.646. The van der Waals surface area contributed by atoms with Gasteiger partial charge in [-0.2, -0.15) is 0 Å². The normalized spacial score (nSPS) is 15.2. The van der Waals surface area contributed by atoms with E-state index in [0.29, 0.717) is 6.61 Å². The van der Waals surface area contributed by atoms with E-state index in [1.807, 2.05) is 0 Å². The Morgan fingerprint density at radius 3 is 1.62 bits per heavy atom. The lowest BCUT2D eigenvalue weighted by Gasteiger charge is -1.93. The van der Waals surface area contributed by atoms with Crippen LogP contribution in [0.1, 0.15) is 71.1 Å². The fourth-order valence-corrected chi connectivity index (χ4v) is 1.60. The smallest absolute Gasteiger partial charge is 0.0431 e. The number of aliphatic hydroxyl groups excluding tert-OH is 1. The molecule has 1 aliphatic carbocycles. The largest absolute Gasteiger partial charge is 0.396 e. The summed E-state index contributed by atoms with van der Waals surface area (Å²) in [6.45, 7) is 2.56. The van der Waals surface area contributed by atoms with Gasteiger partial charge in [0, 0.05) is 6.61 Å². The average Bonchev–Trinajstić information content (AvgIpc) is 2.70. The molecule has 0 amide bonds. The summed E-state index contributed by atoms with van der Waals surface area (Å²) in [6.07, 6.45) is 13.6. The van der Waals surface area contributed by atoms with Gasteiger partial charge in [-0.15, -0.1) is 0 Å². The van der Waals surface area contributed by atoms with Gasteiger partial charge in [0.05, 0.1) is 0 Å². The highest BCUT2D eigenvalue weighted by Crippen LogP contribution is 2.15. The fourth-order valence-electron chi connectivity index (χ4n) is 1.60. The van der Waals surface area contributed by atoms with Crippen LogP contribution >= 0.6 is 0 Å². The van der Waals surface area contributed by atoms with Crippen LogP contribution in [0.15, 0.2) is 0 Å². The molecule has 0 radical (unpaired) electrons. The van der Waals surface area contributed by atoms with Crippen LogP contribution in [0.5, 0.6) is 0 Å². The summed E-state index contributed by atoms with van der Waals surface area (Å²) in [4.78, 5) is 0. The van der Waals surface area contributed by atoms with Crippen molar-refractivity contribution in [1.82, 2.24) is 0 Å². The van der Waals surface area contributed by atoms with Crippen molar-refractivity contribution in [3.8, 4) is 0 Å². The number of hydrogen-bond acceptors (Lipinski definition) is 1. The minimum Gasteiger partial charge on any atom is -0.396 e. The first-order valence-electron chi connectivity index (χ1n) is 6.02. The first kappa shape index (κ1) is 13.0. The van der Waals surface area contributed by atoms with Gasteiger partial charge in [-0.3, -0.25) is 0 Å². The minimum atomic E-state index is 0.365. The lowest BCUT2D eigenvalue weighted by atomic mass is 10.2. The molecule has 1 fully saturated rings. The maximum Gasteiger partial charge on any atom is 0.0431 e. The highest BCUT2D eigenvalue weighted by molar-refractivity contribution is 4.51. The van der Waals surface area contributed by atoms with E-state index in [1.165, 1.54) is 57.8 Å². The van der Waals surface area contributed by atoms with E-state index in [0.717, 1.165) is 6.42 Å². The molecule has 1 nitrogen and oxygen atoms in total. The van der Waals surface area contributed by atoms with E-state index in [1.54, 1.807) is 0 Å². The Morgan fingerprint density at radius 2 is 1.23 bits per heavy atom. The minimum absolute atomic E-state index is 0.365. The maximum atomic E-state index is 8.37. The Labute approximate surface area is 83.5 Å². The predicted molar refractivity (Wildman–Crippen MR) is 58.9 cm³/mol. The molecule has 0 aromatic carbocycles. The third-order valence-electron chi connectivity index (χ3n) is 2.51. The molecule has 1 saturated carbocycles. The van der Waals surface area contributed by atoms with E-state index in [4.69, 9.17) is 5.11 Å². The fraction of sp³-hybridized carbons (Fsp3) is 1.00. The van der Waals surface area contributed by atoms with Crippen LogP contribution in [0.4, 0.5) is 0 Å². The van der Waals surface area contributed by atoms with Crippen molar-refractivity contribution in [3.63, 3.8) is 0 Å². The van der Waals surface area contributed by atoms with Gasteiger partial charge in [0.15, 0.2) is 0 Å². The Hall–Kier alpha value is -0.0400. The van der Waals surface area contributed by atoms with Crippen LogP contribution in [0, 0.1) is 0 Å². The Morgan fingerprint density at radius 1 is 0.769 bits per heavy atom. The van der Waals surface area contributed by atoms with Crippen molar-refractivity contribution in [2.45, 2.75) is 71.1 Å². The molecule has 1 aliphatic rings. The zero-order valence-electron chi connectivity index (χ0n) is 9.23. The molecule has 0 aromatic rings. The van der Waals surface area contributed by atoms with E-state index < -0.39 is 0 Å². The van der Waals surface area contributed by atoms with E-state index in [-0.39, 0.29) is 0 Å². The van der Waals surface area contributed by atoms with Crippen molar-refractivity contribution in [2.24, 2.45) is 0 Å². The molecule has 13 heavy (non-hydrogen) atoms.